The SMILES string of the molecule is CCC1CCN(CCCl)CC1.O=CO. The molecule has 0 atom stereocenters. The van der Waals surface area contributed by atoms with Gasteiger partial charge in [-0.05, 0) is 31.8 Å². The lowest BCUT2D eigenvalue weighted by Gasteiger charge is -2.30. The molecule has 0 spiro atoms. The monoisotopic (exact) mass is 221 g/mol. The zero-order chi connectivity index (χ0) is 10.8. The van der Waals surface area contributed by atoms with Crippen molar-refractivity contribution in [1.82, 2.24) is 4.90 Å². The van der Waals surface area contributed by atoms with Crippen LogP contribution in [0.15, 0.2) is 0 Å². The summed E-state index contributed by atoms with van der Waals surface area (Å²) in [4.78, 5) is 10.8. The second-order valence-electron chi connectivity index (χ2n) is 3.49. The van der Waals surface area contributed by atoms with Gasteiger partial charge >= 0.3 is 0 Å². The smallest absolute Gasteiger partial charge is 0.290 e. The van der Waals surface area contributed by atoms with Crippen LogP contribution in [0, 0.1) is 5.92 Å². The largest absolute Gasteiger partial charge is 0.483 e. The van der Waals surface area contributed by atoms with Gasteiger partial charge in [-0.1, -0.05) is 13.3 Å². The lowest BCUT2D eigenvalue weighted by molar-refractivity contribution is -0.122. The first kappa shape index (κ1) is 13.7. The number of likely N-dealkylation sites (tertiary alicyclic amines) is 1. The highest BCUT2D eigenvalue weighted by Gasteiger charge is 2.16. The van der Waals surface area contributed by atoms with E-state index in [-0.39, 0.29) is 6.47 Å². The van der Waals surface area contributed by atoms with Crippen LogP contribution in [0.5, 0.6) is 0 Å². The number of carboxylic acid groups (broad SMARTS) is 1. The summed E-state index contributed by atoms with van der Waals surface area (Å²) in [6, 6.07) is 0. The van der Waals surface area contributed by atoms with Crippen LogP contribution >= 0.6 is 11.6 Å². The molecule has 1 N–H and O–H groups in total. The van der Waals surface area contributed by atoms with Crippen LogP contribution in [-0.2, 0) is 4.79 Å². The zero-order valence-electron chi connectivity index (χ0n) is 8.79. The van der Waals surface area contributed by atoms with Crippen molar-refractivity contribution in [3.63, 3.8) is 0 Å². The molecule has 1 rings (SSSR count). The van der Waals surface area contributed by atoms with E-state index in [0.717, 1.165) is 18.3 Å². The number of alkyl halides is 1. The lowest BCUT2D eigenvalue weighted by Crippen LogP contribution is -2.34. The Hall–Kier alpha value is -0.280. The molecule has 0 amide bonds. The van der Waals surface area contributed by atoms with Crippen LogP contribution in [-0.4, -0.2) is 42.0 Å². The van der Waals surface area contributed by atoms with Crippen LogP contribution in [0.2, 0.25) is 0 Å². The number of hydrogen-bond donors (Lipinski definition) is 1. The number of carbonyl (C=O) groups is 1. The summed E-state index contributed by atoms with van der Waals surface area (Å²) in [6.45, 7) is 5.66. The van der Waals surface area contributed by atoms with Gasteiger partial charge in [-0.25, -0.2) is 0 Å². The first-order chi connectivity index (χ1) is 6.78. The molecule has 4 heteroatoms. The van der Waals surface area contributed by atoms with Gasteiger partial charge in [0.15, 0.2) is 0 Å². The van der Waals surface area contributed by atoms with E-state index in [2.05, 4.69) is 11.8 Å². The molecule has 0 saturated carbocycles. The van der Waals surface area contributed by atoms with Gasteiger partial charge in [-0.2, -0.15) is 0 Å². The highest BCUT2D eigenvalue weighted by molar-refractivity contribution is 6.18. The Morgan fingerprint density at radius 3 is 2.36 bits per heavy atom. The van der Waals surface area contributed by atoms with Crippen LogP contribution in [0.3, 0.4) is 0 Å². The number of hydrogen-bond acceptors (Lipinski definition) is 2. The third-order valence-electron chi connectivity index (χ3n) is 2.69. The van der Waals surface area contributed by atoms with Gasteiger partial charge in [0.05, 0.1) is 0 Å². The molecule has 1 aliphatic heterocycles. The zero-order valence-corrected chi connectivity index (χ0v) is 9.54. The van der Waals surface area contributed by atoms with Gasteiger partial charge in [0, 0.05) is 12.4 Å². The van der Waals surface area contributed by atoms with E-state index in [9.17, 15) is 0 Å². The third-order valence-corrected chi connectivity index (χ3v) is 2.85. The van der Waals surface area contributed by atoms with Gasteiger partial charge in [0.25, 0.3) is 6.47 Å². The Balaban J connectivity index is 0.000000500. The fourth-order valence-electron chi connectivity index (χ4n) is 1.74. The molecule has 1 saturated heterocycles. The number of halogens is 1. The van der Waals surface area contributed by atoms with Crippen LogP contribution in [0.25, 0.3) is 0 Å². The minimum absolute atomic E-state index is 0.250. The van der Waals surface area contributed by atoms with Crippen molar-refractivity contribution in [2.45, 2.75) is 26.2 Å². The van der Waals surface area contributed by atoms with Gasteiger partial charge in [-0.3, -0.25) is 4.79 Å². The highest BCUT2D eigenvalue weighted by atomic mass is 35.5. The summed E-state index contributed by atoms with van der Waals surface area (Å²) in [7, 11) is 0. The quantitative estimate of drug-likeness (QED) is 0.586. The van der Waals surface area contributed by atoms with E-state index < -0.39 is 0 Å². The molecular formula is C10H20ClNO2. The van der Waals surface area contributed by atoms with Crippen LogP contribution in [0.1, 0.15) is 26.2 Å². The molecule has 3 nitrogen and oxygen atoms in total. The van der Waals surface area contributed by atoms with Crippen molar-refractivity contribution in [1.29, 1.82) is 0 Å². The average Bonchev–Trinajstić information content (AvgIpc) is 2.21. The number of nitrogens with zero attached hydrogens (tertiary/aromatic N) is 1. The van der Waals surface area contributed by atoms with Crippen molar-refractivity contribution < 1.29 is 9.90 Å². The minimum atomic E-state index is -0.250. The summed E-state index contributed by atoms with van der Waals surface area (Å²) >= 11 is 5.66. The third kappa shape index (κ3) is 6.22. The number of rotatable bonds is 3. The Labute approximate surface area is 91.0 Å². The summed E-state index contributed by atoms with van der Waals surface area (Å²) < 4.78 is 0. The molecular weight excluding hydrogens is 202 g/mol. The molecule has 0 radical (unpaired) electrons. The van der Waals surface area contributed by atoms with Gasteiger partial charge in [0.2, 0.25) is 0 Å². The predicted octanol–water partition coefficient (Wildman–Crippen LogP) is 2.05. The standard InChI is InChI=1S/C9H18ClN.CH2O2/c1-2-9-3-6-11(7-4-9)8-5-10;2-1-3/h9H,2-8H2,1H3;1H,(H,2,3). The van der Waals surface area contributed by atoms with Crippen molar-refractivity contribution in [3.8, 4) is 0 Å². The van der Waals surface area contributed by atoms with Crippen molar-refractivity contribution >= 4 is 18.1 Å². The second-order valence-corrected chi connectivity index (χ2v) is 3.87. The first-order valence-electron chi connectivity index (χ1n) is 5.14. The van der Waals surface area contributed by atoms with Crippen LogP contribution < -0.4 is 0 Å². The summed E-state index contributed by atoms with van der Waals surface area (Å²) in [6.07, 6.45) is 4.12. The highest BCUT2D eigenvalue weighted by Crippen LogP contribution is 2.19. The maximum absolute atomic E-state index is 8.36. The Kier molecular flexibility index (Phi) is 9.10. The number of piperidine rings is 1. The summed E-state index contributed by atoms with van der Waals surface area (Å²) in [5.74, 6) is 1.78. The molecule has 0 aromatic carbocycles. The molecule has 0 aliphatic carbocycles. The topological polar surface area (TPSA) is 40.5 Å². The van der Waals surface area contributed by atoms with E-state index in [1.54, 1.807) is 0 Å². The van der Waals surface area contributed by atoms with E-state index in [4.69, 9.17) is 21.5 Å². The summed E-state index contributed by atoms with van der Waals surface area (Å²) in [5.41, 5.74) is 0. The summed E-state index contributed by atoms with van der Waals surface area (Å²) in [5, 5.41) is 6.89. The average molecular weight is 222 g/mol. The van der Waals surface area contributed by atoms with Crippen molar-refractivity contribution in [2.24, 2.45) is 5.92 Å². The second kappa shape index (κ2) is 9.28. The molecule has 0 unspecified atom stereocenters. The van der Waals surface area contributed by atoms with Gasteiger partial charge in [-0.15, -0.1) is 11.6 Å². The van der Waals surface area contributed by atoms with Crippen molar-refractivity contribution in [3.05, 3.63) is 0 Å². The van der Waals surface area contributed by atoms with Crippen LogP contribution in [0.4, 0.5) is 0 Å². The molecule has 0 aromatic heterocycles. The van der Waals surface area contributed by atoms with Gasteiger partial charge < -0.3 is 10.0 Å². The molecule has 1 heterocycles. The first-order valence-corrected chi connectivity index (χ1v) is 5.68. The molecule has 0 aromatic rings. The lowest BCUT2D eigenvalue weighted by atomic mass is 9.94. The van der Waals surface area contributed by atoms with E-state index in [1.165, 1.54) is 32.4 Å². The van der Waals surface area contributed by atoms with E-state index in [0.29, 0.717) is 0 Å². The van der Waals surface area contributed by atoms with E-state index in [1.807, 2.05) is 0 Å². The van der Waals surface area contributed by atoms with E-state index >= 15 is 0 Å². The van der Waals surface area contributed by atoms with Crippen molar-refractivity contribution in [2.75, 3.05) is 25.5 Å². The fourth-order valence-corrected chi connectivity index (χ4v) is 1.98. The fraction of sp³-hybridized carbons (Fsp3) is 0.900. The minimum Gasteiger partial charge on any atom is -0.483 e. The Morgan fingerprint density at radius 1 is 1.50 bits per heavy atom. The molecule has 1 fully saturated rings. The normalized spacial score (nSPS) is 18.4. The maximum atomic E-state index is 8.36. The van der Waals surface area contributed by atoms with Gasteiger partial charge in [0.1, 0.15) is 0 Å². The Bertz CT molecular complexity index is 136. The molecule has 14 heavy (non-hydrogen) atoms. The Morgan fingerprint density at radius 2 is 2.00 bits per heavy atom. The maximum Gasteiger partial charge on any atom is 0.290 e. The molecule has 84 valence electrons. The molecule has 0 bridgehead atoms. The predicted molar refractivity (Wildman–Crippen MR) is 58.9 cm³/mol. The molecule has 1 aliphatic rings.